The van der Waals surface area contributed by atoms with Crippen LogP contribution in [0, 0.1) is 13.8 Å². The summed E-state index contributed by atoms with van der Waals surface area (Å²) in [6.45, 7) is 8.34. The maximum absolute atomic E-state index is 12.2. The Morgan fingerprint density at radius 3 is 2.90 bits per heavy atom. The molecule has 0 aromatic carbocycles. The van der Waals surface area contributed by atoms with E-state index in [2.05, 4.69) is 16.1 Å². The van der Waals surface area contributed by atoms with Crippen LogP contribution >= 0.6 is 0 Å². The molecule has 2 aromatic rings. The average molecular weight is 270 g/mol. The monoisotopic (exact) mass is 270 g/mol. The van der Waals surface area contributed by atoms with E-state index in [1.54, 1.807) is 18.3 Å². The summed E-state index contributed by atoms with van der Waals surface area (Å²) in [5.41, 5.74) is 2.68. The van der Waals surface area contributed by atoms with E-state index in [1.807, 2.05) is 32.1 Å². The van der Waals surface area contributed by atoms with Crippen molar-refractivity contribution in [2.75, 3.05) is 6.61 Å². The molecular formula is C16H18N2O2. The Kier molecular flexibility index (Phi) is 4.35. The summed E-state index contributed by atoms with van der Waals surface area (Å²) in [5, 5.41) is 0. The summed E-state index contributed by atoms with van der Waals surface area (Å²) in [5.74, 6) is 0.416. The Balaban J connectivity index is 2.10. The normalized spacial score (nSPS) is 10.3. The molecule has 0 fully saturated rings. The van der Waals surface area contributed by atoms with Gasteiger partial charge >= 0.3 is 0 Å². The number of rotatable bonds is 6. The zero-order chi connectivity index (χ0) is 14.5. The number of ether oxygens (including phenoxy) is 1. The predicted molar refractivity (Wildman–Crippen MR) is 78.2 cm³/mol. The van der Waals surface area contributed by atoms with Crippen molar-refractivity contribution in [3.8, 4) is 5.88 Å². The zero-order valence-electron chi connectivity index (χ0n) is 11.8. The molecule has 0 N–H and O–H groups in total. The van der Waals surface area contributed by atoms with Gasteiger partial charge < -0.3 is 9.30 Å². The molecule has 0 aliphatic rings. The van der Waals surface area contributed by atoms with Gasteiger partial charge in [-0.25, -0.2) is 4.98 Å². The highest BCUT2D eigenvalue weighted by Crippen LogP contribution is 2.16. The van der Waals surface area contributed by atoms with E-state index in [1.165, 1.54) is 0 Å². The van der Waals surface area contributed by atoms with Crippen molar-refractivity contribution in [2.24, 2.45) is 0 Å². The Hall–Kier alpha value is -2.36. The van der Waals surface area contributed by atoms with E-state index in [0.29, 0.717) is 18.0 Å². The van der Waals surface area contributed by atoms with Gasteiger partial charge in [0, 0.05) is 35.8 Å². The number of aryl methyl sites for hydroxylation is 1. The number of pyridine rings is 1. The second kappa shape index (κ2) is 6.19. The first kappa shape index (κ1) is 14.1. The molecular weight excluding hydrogens is 252 g/mol. The second-order valence-corrected chi connectivity index (χ2v) is 4.56. The lowest BCUT2D eigenvalue weighted by Crippen LogP contribution is -2.13. The smallest absolute Gasteiger partial charge is 0.213 e. The molecule has 0 radical (unpaired) electrons. The van der Waals surface area contributed by atoms with Crippen molar-refractivity contribution in [3.05, 3.63) is 60.1 Å². The van der Waals surface area contributed by atoms with E-state index in [-0.39, 0.29) is 12.4 Å². The highest BCUT2D eigenvalue weighted by atomic mass is 16.5. The number of hydrogen-bond acceptors (Lipinski definition) is 3. The first-order valence-electron chi connectivity index (χ1n) is 6.48. The standard InChI is InChI=1S/C16H18N2O2/c1-4-9-18-12(2)10-14(13(18)3)15(19)11-20-16-7-5-6-8-17-16/h4-8,10H,1,9,11H2,2-3H3. The third-order valence-corrected chi connectivity index (χ3v) is 3.17. The van der Waals surface area contributed by atoms with Crippen LogP contribution in [0.2, 0.25) is 0 Å². The molecule has 0 spiro atoms. The number of carbonyl (C=O) groups excluding carboxylic acids is 1. The second-order valence-electron chi connectivity index (χ2n) is 4.56. The van der Waals surface area contributed by atoms with Crippen molar-refractivity contribution in [1.29, 1.82) is 0 Å². The van der Waals surface area contributed by atoms with Gasteiger partial charge in [-0.2, -0.15) is 0 Å². The Labute approximate surface area is 118 Å². The van der Waals surface area contributed by atoms with Gasteiger partial charge in [0.05, 0.1) is 0 Å². The van der Waals surface area contributed by atoms with Gasteiger partial charge in [-0.15, -0.1) is 6.58 Å². The van der Waals surface area contributed by atoms with Crippen molar-refractivity contribution in [2.45, 2.75) is 20.4 Å². The molecule has 104 valence electrons. The number of allylic oxidation sites excluding steroid dienone is 1. The van der Waals surface area contributed by atoms with Crippen LogP contribution in [0.25, 0.3) is 0 Å². The molecule has 0 saturated carbocycles. The number of nitrogens with zero attached hydrogens (tertiary/aromatic N) is 2. The average Bonchev–Trinajstić information content (AvgIpc) is 2.74. The number of ketones is 1. The van der Waals surface area contributed by atoms with E-state index in [0.717, 1.165) is 11.4 Å². The van der Waals surface area contributed by atoms with Crippen molar-refractivity contribution >= 4 is 5.78 Å². The summed E-state index contributed by atoms with van der Waals surface area (Å²) in [6.07, 6.45) is 3.45. The van der Waals surface area contributed by atoms with Crippen LogP contribution in [0.4, 0.5) is 0 Å². The number of aromatic nitrogens is 2. The summed E-state index contributed by atoms with van der Waals surface area (Å²) in [6, 6.07) is 7.25. The fourth-order valence-electron chi connectivity index (χ4n) is 2.14. The molecule has 4 nitrogen and oxygen atoms in total. The highest BCUT2D eigenvalue weighted by Gasteiger charge is 2.15. The summed E-state index contributed by atoms with van der Waals surface area (Å²) < 4.78 is 7.45. The van der Waals surface area contributed by atoms with Gasteiger partial charge in [0.25, 0.3) is 0 Å². The van der Waals surface area contributed by atoms with Gasteiger partial charge in [-0.1, -0.05) is 12.1 Å². The van der Waals surface area contributed by atoms with Crippen LogP contribution in [-0.2, 0) is 6.54 Å². The first-order chi connectivity index (χ1) is 9.63. The highest BCUT2D eigenvalue weighted by molar-refractivity contribution is 5.98. The largest absolute Gasteiger partial charge is 0.469 e. The lowest BCUT2D eigenvalue weighted by Gasteiger charge is -2.07. The van der Waals surface area contributed by atoms with Crippen molar-refractivity contribution < 1.29 is 9.53 Å². The third-order valence-electron chi connectivity index (χ3n) is 3.17. The Morgan fingerprint density at radius 2 is 2.25 bits per heavy atom. The summed E-state index contributed by atoms with van der Waals surface area (Å²) in [4.78, 5) is 16.2. The van der Waals surface area contributed by atoms with Crippen molar-refractivity contribution in [3.63, 3.8) is 0 Å². The van der Waals surface area contributed by atoms with Gasteiger partial charge in [0.1, 0.15) is 0 Å². The van der Waals surface area contributed by atoms with E-state index >= 15 is 0 Å². The molecule has 0 aliphatic carbocycles. The molecule has 0 atom stereocenters. The topological polar surface area (TPSA) is 44.1 Å². The first-order valence-corrected chi connectivity index (χ1v) is 6.48. The van der Waals surface area contributed by atoms with E-state index in [9.17, 15) is 4.79 Å². The minimum Gasteiger partial charge on any atom is -0.469 e. The molecule has 2 aromatic heterocycles. The summed E-state index contributed by atoms with van der Waals surface area (Å²) in [7, 11) is 0. The minimum absolute atomic E-state index is 0.00457. The number of Topliss-reactive ketones (excluding diaryl/α,β-unsaturated/α-hetero) is 1. The molecule has 2 rings (SSSR count). The van der Waals surface area contributed by atoms with Crippen LogP contribution in [-0.4, -0.2) is 21.9 Å². The predicted octanol–water partition coefficient (Wildman–Crippen LogP) is 2.95. The van der Waals surface area contributed by atoms with Crippen LogP contribution in [0.15, 0.2) is 43.1 Å². The van der Waals surface area contributed by atoms with Gasteiger partial charge in [0.2, 0.25) is 11.7 Å². The molecule has 4 heteroatoms. The molecule has 2 heterocycles. The lowest BCUT2D eigenvalue weighted by molar-refractivity contribution is 0.0917. The minimum atomic E-state index is -0.0425. The van der Waals surface area contributed by atoms with Crippen molar-refractivity contribution in [1.82, 2.24) is 9.55 Å². The SMILES string of the molecule is C=CCn1c(C)cc(C(=O)COc2ccccn2)c1C. The van der Waals surface area contributed by atoms with E-state index in [4.69, 9.17) is 4.74 Å². The van der Waals surface area contributed by atoms with Gasteiger partial charge in [-0.3, -0.25) is 4.79 Å². The van der Waals surface area contributed by atoms with E-state index < -0.39 is 0 Å². The Morgan fingerprint density at radius 1 is 1.45 bits per heavy atom. The fourth-order valence-corrected chi connectivity index (χ4v) is 2.14. The molecule has 0 saturated heterocycles. The summed E-state index contributed by atoms with van der Waals surface area (Å²) >= 11 is 0. The Bertz CT molecular complexity index is 615. The quantitative estimate of drug-likeness (QED) is 0.599. The maximum atomic E-state index is 12.2. The van der Waals surface area contributed by atoms with Crippen LogP contribution in [0.5, 0.6) is 5.88 Å². The van der Waals surface area contributed by atoms with Gasteiger partial charge in [-0.05, 0) is 26.0 Å². The van der Waals surface area contributed by atoms with Crippen LogP contribution in [0.3, 0.4) is 0 Å². The molecule has 0 aliphatic heterocycles. The zero-order valence-corrected chi connectivity index (χ0v) is 11.8. The molecule has 20 heavy (non-hydrogen) atoms. The van der Waals surface area contributed by atoms with Crippen LogP contribution in [0.1, 0.15) is 21.7 Å². The van der Waals surface area contributed by atoms with Gasteiger partial charge in [0.15, 0.2) is 6.61 Å². The lowest BCUT2D eigenvalue weighted by atomic mass is 10.1. The third kappa shape index (κ3) is 2.96. The molecule has 0 amide bonds. The van der Waals surface area contributed by atoms with Crippen LogP contribution < -0.4 is 4.74 Å². The molecule has 0 unspecified atom stereocenters. The fraction of sp³-hybridized carbons (Fsp3) is 0.250. The number of hydrogen-bond donors (Lipinski definition) is 0. The number of carbonyl (C=O) groups is 1. The molecule has 0 bridgehead atoms. The maximum Gasteiger partial charge on any atom is 0.213 e.